The number of hydrogen-bond acceptors (Lipinski definition) is 5. The molecule has 5 heteroatoms. The van der Waals surface area contributed by atoms with Gasteiger partial charge in [-0.3, -0.25) is 4.90 Å². The summed E-state index contributed by atoms with van der Waals surface area (Å²) in [6.45, 7) is 3.74. The minimum absolute atomic E-state index is 0.514. The van der Waals surface area contributed by atoms with Crippen molar-refractivity contribution in [2.24, 2.45) is 5.92 Å². The van der Waals surface area contributed by atoms with E-state index in [1.165, 1.54) is 49.2 Å². The number of rotatable bonds is 3. The third kappa shape index (κ3) is 2.81. The van der Waals surface area contributed by atoms with Crippen molar-refractivity contribution < 1.29 is 0 Å². The van der Waals surface area contributed by atoms with Crippen LogP contribution in [0.3, 0.4) is 0 Å². The van der Waals surface area contributed by atoms with E-state index in [1.54, 1.807) is 11.3 Å². The molecule has 0 bridgehead atoms. The van der Waals surface area contributed by atoms with Gasteiger partial charge in [0.05, 0.1) is 11.1 Å². The lowest BCUT2D eigenvalue weighted by Crippen LogP contribution is -2.54. The number of piperidine rings is 1. The molecule has 0 N–H and O–H groups in total. The maximum absolute atomic E-state index is 4.63. The average Bonchev–Trinajstić information content (AvgIpc) is 3.22. The maximum atomic E-state index is 4.63. The summed E-state index contributed by atoms with van der Waals surface area (Å²) in [4.78, 5) is 11.3. The predicted octanol–water partition coefficient (Wildman–Crippen LogP) is 5.37. The van der Waals surface area contributed by atoms with Gasteiger partial charge in [0, 0.05) is 28.6 Å². The minimum Gasteiger partial charge on any atom is -0.304 e. The van der Waals surface area contributed by atoms with Crippen molar-refractivity contribution in [3.8, 4) is 0 Å². The molecule has 1 saturated carbocycles. The molecular formula is C20H25N3S2. The summed E-state index contributed by atoms with van der Waals surface area (Å²) >= 11 is 3.81. The Morgan fingerprint density at radius 3 is 2.84 bits per heavy atom. The standard InChI is InChI=1S/C20H25N3S2/c1-14-6-4-5-10-22(14)16-12-15(13-16)19-23(20-21-9-11-24-20)17-7-2-3-8-18(17)25-19/h2-3,7-9,11,14-16,19H,4-6,10,12-13H2,1H3/t14-,15?,16?,19?/m0/s1. The van der Waals surface area contributed by atoms with Gasteiger partial charge in [-0.05, 0) is 57.2 Å². The lowest BCUT2D eigenvalue weighted by molar-refractivity contribution is 0.0273. The highest BCUT2D eigenvalue weighted by Gasteiger charge is 2.46. The molecule has 5 rings (SSSR count). The molecule has 1 saturated heterocycles. The summed E-state index contributed by atoms with van der Waals surface area (Å²) in [6.07, 6.45) is 8.81. The Hall–Kier alpha value is -1.04. The number of nitrogens with zero attached hydrogens (tertiary/aromatic N) is 3. The monoisotopic (exact) mass is 371 g/mol. The topological polar surface area (TPSA) is 19.4 Å². The Labute approximate surface area is 158 Å². The number of benzene rings is 1. The van der Waals surface area contributed by atoms with Crippen molar-refractivity contribution >= 4 is 33.9 Å². The van der Waals surface area contributed by atoms with Crippen LogP contribution in [0.25, 0.3) is 0 Å². The van der Waals surface area contributed by atoms with Crippen LogP contribution in [-0.4, -0.2) is 33.9 Å². The van der Waals surface area contributed by atoms with E-state index in [4.69, 9.17) is 0 Å². The smallest absolute Gasteiger partial charge is 0.190 e. The van der Waals surface area contributed by atoms with Gasteiger partial charge in [-0.1, -0.05) is 30.3 Å². The molecule has 3 heterocycles. The maximum Gasteiger partial charge on any atom is 0.190 e. The first-order chi connectivity index (χ1) is 12.3. The van der Waals surface area contributed by atoms with Gasteiger partial charge in [0.25, 0.3) is 0 Å². The van der Waals surface area contributed by atoms with E-state index in [-0.39, 0.29) is 0 Å². The Morgan fingerprint density at radius 1 is 1.16 bits per heavy atom. The molecule has 3 aliphatic rings. The predicted molar refractivity (Wildman–Crippen MR) is 107 cm³/mol. The third-order valence-electron chi connectivity index (χ3n) is 6.13. The lowest BCUT2D eigenvalue weighted by Gasteiger charge is -2.50. The second-order valence-corrected chi connectivity index (χ2v) is 9.66. The zero-order chi connectivity index (χ0) is 16.8. The number of para-hydroxylation sites is 1. The highest BCUT2D eigenvalue weighted by molar-refractivity contribution is 8.00. The average molecular weight is 372 g/mol. The SMILES string of the molecule is C[C@H]1CCCCN1C1CC(C2Sc3ccccc3N2c2nccs2)C1. The van der Waals surface area contributed by atoms with E-state index in [2.05, 4.69) is 51.4 Å². The van der Waals surface area contributed by atoms with Gasteiger partial charge >= 0.3 is 0 Å². The molecule has 0 spiro atoms. The Balaban J connectivity index is 1.34. The Kier molecular flexibility index (Phi) is 4.27. The zero-order valence-corrected chi connectivity index (χ0v) is 16.3. The second kappa shape index (κ2) is 6.60. The highest BCUT2D eigenvalue weighted by atomic mass is 32.2. The Morgan fingerprint density at radius 2 is 2.04 bits per heavy atom. The number of thioether (sulfide) groups is 1. The van der Waals surface area contributed by atoms with Crippen molar-refractivity contribution in [3.05, 3.63) is 35.8 Å². The third-order valence-corrected chi connectivity index (χ3v) is 8.34. The van der Waals surface area contributed by atoms with Crippen molar-refractivity contribution in [1.29, 1.82) is 0 Å². The van der Waals surface area contributed by atoms with Crippen molar-refractivity contribution in [3.63, 3.8) is 0 Å². The molecule has 1 aromatic heterocycles. The number of anilines is 2. The normalized spacial score (nSPS) is 32.4. The first-order valence-electron chi connectivity index (χ1n) is 9.51. The van der Waals surface area contributed by atoms with Crippen LogP contribution in [0.4, 0.5) is 10.8 Å². The Bertz CT molecular complexity index is 726. The summed E-state index contributed by atoms with van der Waals surface area (Å²) < 4.78 is 0. The van der Waals surface area contributed by atoms with E-state index in [0.717, 1.165) is 23.1 Å². The zero-order valence-electron chi connectivity index (χ0n) is 14.7. The van der Waals surface area contributed by atoms with Crippen LogP contribution in [0.1, 0.15) is 39.0 Å². The van der Waals surface area contributed by atoms with E-state index >= 15 is 0 Å². The number of thiazole rings is 1. The van der Waals surface area contributed by atoms with Gasteiger partial charge in [0.1, 0.15) is 0 Å². The van der Waals surface area contributed by atoms with Gasteiger partial charge in [-0.2, -0.15) is 0 Å². The van der Waals surface area contributed by atoms with Gasteiger partial charge < -0.3 is 4.90 Å². The number of hydrogen-bond donors (Lipinski definition) is 0. The number of likely N-dealkylation sites (tertiary alicyclic amines) is 1. The largest absolute Gasteiger partial charge is 0.304 e. The van der Waals surface area contributed by atoms with Crippen LogP contribution in [0, 0.1) is 5.92 Å². The van der Waals surface area contributed by atoms with Gasteiger partial charge in [0.2, 0.25) is 0 Å². The van der Waals surface area contributed by atoms with Crippen LogP contribution in [0.5, 0.6) is 0 Å². The van der Waals surface area contributed by atoms with Crippen LogP contribution in [0.2, 0.25) is 0 Å². The molecule has 2 fully saturated rings. The molecule has 132 valence electrons. The molecule has 2 aliphatic heterocycles. The fourth-order valence-corrected chi connectivity index (χ4v) is 6.92. The molecule has 1 aromatic carbocycles. The number of fused-ring (bicyclic) bond motifs is 1. The molecule has 3 nitrogen and oxygen atoms in total. The van der Waals surface area contributed by atoms with Crippen LogP contribution in [-0.2, 0) is 0 Å². The molecule has 2 atom stereocenters. The molecule has 0 radical (unpaired) electrons. The summed E-state index contributed by atoms with van der Waals surface area (Å²) in [7, 11) is 0. The van der Waals surface area contributed by atoms with Crippen LogP contribution < -0.4 is 4.90 Å². The van der Waals surface area contributed by atoms with Crippen LogP contribution >= 0.6 is 23.1 Å². The van der Waals surface area contributed by atoms with Crippen molar-refractivity contribution in [2.45, 2.75) is 61.4 Å². The summed E-state index contributed by atoms with van der Waals surface area (Å²) in [6, 6.07) is 10.4. The van der Waals surface area contributed by atoms with E-state index < -0.39 is 0 Å². The molecule has 1 unspecified atom stereocenters. The fourth-order valence-electron chi connectivity index (χ4n) is 4.73. The second-order valence-electron chi connectivity index (χ2n) is 7.63. The molecule has 25 heavy (non-hydrogen) atoms. The van der Waals surface area contributed by atoms with Gasteiger partial charge in [-0.15, -0.1) is 11.3 Å². The van der Waals surface area contributed by atoms with Crippen LogP contribution in [0.15, 0.2) is 40.7 Å². The number of aromatic nitrogens is 1. The lowest BCUT2D eigenvalue weighted by atomic mass is 9.77. The van der Waals surface area contributed by atoms with E-state index in [1.807, 2.05) is 18.0 Å². The summed E-state index contributed by atoms with van der Waals surface area (Å²) in [5.41, 5.74) is 1.35. The molecular weight excluding hydrogens is 346 g/mol. The molecule has 1 aliphatic carbocycles. The first kappa shape index (κ1) is 16.2. The van der Waals surface area contributed by atoms with E-state index in [0.29, 0.717) is 5.37 Å². The fraction of sp³-hybridized carbons (Fsp3) is 0.550. The minimum atomic E-state index is 0.514. The van der Waals surface area contributed by atoms with Gasteiger partial charge in [0.15, 0.2) is 5.13 Å². The summed E-state index contributed by atoms with van der Waals surface area (Å²) in [5.74, 6) is 0.764. The summed E-state index contributed by atoms with van der Waals surface area (Å²) in [5, 5.41) is 3.76. The highest BCUT2D eigenvalue weighted by Crippen LogP contribution is 2.54. The molecule has 0 amide bonds. The van der Waals surface area contributed by atoms with Crippen molar-refractivity contribution in [2.75, 3.05) is 11.4 Å². The first-order valence-corrected chi connectivity index (χ1v) is 11.3. The molecule has 2 aromatic rings. The van der Waals surface area contributed by atoms with Gasteiger partial charge in [-0.25, -0.2) is 4.98 Å². The van der Waals surface area contributed by atoms with E-state index in [9.17, 15) is 0 Å². The van der Waals surface area contributed by atoms with Crippen molar-refractivity contribution in [1.82, 2.24) is 9.88 Å². The quantitative estimate of drug-likeness (QED) is 0.722.